The fourth-order valence-electron chi connectivity index (χ4n) is 4.76. The number of thioether (sulfide) groups is 1. The first-order valence-electron chi connectivity index (χ1n) is 11.3. The molecule has 0 spiro atoms. The van der Waals surface area contributed by atoms with Gasteiger partial charge in [0.15, 0.2) is 0 Å². The molecule has 1 amide bonds. The minimum atomic E-state index is -0.584. The maximum atomic E-state index is 14.2. The molecule has 2 aliphatic heterocycles. The van der Waals surface area contributed by atoms with Gasteiger partial charge < -0.3 is 15.5 Å². The van der Waals surface area contributed by atoms with Crippen molar-refractivity contribution in [3.8, 4) is 0 Å². The van der Waals surface area contributed by atoms with E-state index in [4.69, 9.17) is 17.3 Å². The summed E-state index contributed by atoms with van der Waals surface area (Å²) in [5.41, 5.74) is 8.63. The Morgan fingerprint density at radius 2 is 2.09 bits per heavy atom. The lowest BCUT2D eigenvalue weighted by atomic mass is 9.85. The quantitative estimate of drug-likeness (QED) is 0.662. The highest BCUT2D eigenvalue weighted by atomic mass is 35.5. The van der Waals surface area contributed by atoms with Crippen molar-refractivity contribution in [3.63, 3.8) is 0 Å². The summed E-state index contributed by atoms with van der Waals surface area (Å²) in [5, 5.41) is 0.406. The van der Waals surface area contributed by atoms with Crippen LogP contribution in [0.2, 0.25) is 5.02 Å². The summed E-state index contributed by atoms with van der Waals surface area (Å²) < 4.78 is 14.2. The molecule has 1 saturated heterocycles. The van der Waals surface area contributed by atoms with Crippen molar-refractivity contribution in [2.75, 3.05) is 24.5 Å². The fraction of sp³-hybridized carbons (Fsp3) is 0.542. The van der Waals surface area contributed by atoms with Gasteiger partial charge in [-0.3, -0.25) is 4.79 Å². The van der Waals surface area contributed by atoms with E-state index in [0.29, 0.717) is 36.9 Å². The lowest BCUT2D eigenvalue weighted by Crippen LogP contribution is -2.55. The number of anilines is 1. The van der Waals surface area contributed by atoms with Crippen molar-refractivity contribution >= 4 is 35.1 Å². The van der Waals surface area contributed by atoms with E-state index in [2.05, 4.69) is 28.7 Å². The third-order valence-corrected chi connectivity index (χ3v) is 7.89. The summed E-state index contributed by atoms with van der Waals surface area (Å²) in [6, 6.07) is 4.68. The molecule has 3 heterocycles. The summed E-state index contributed by atoms with van der Waals surface area (Å²) in [5.74, 6) is 0.808. The van der Waals surface area contributed by atoms with Gasteiger partial charge in [-0.05, 0) is 51.8 Å². The van der Waals surface area contributed by atoms with E-state index in [1.54, 1.807) is 12.4 Å². The molecule has 178 valence electrons. The molecule has 1 unspecified atom stereocenters. The number of rotatable bonds is 5. The van der Waals surface area contributed by atoms with Crippen LogP contribution in [0.4, 0.5) is 10.2 Å². The van der Waals surface area contributed by atoms with E-state index in [0.717, 1.165) is 17.3 Å². The van der Waals surface area contributed by atoms with Crippen LogP contribution in [0.1, 0.15) is 62.1 Å². The number of carbonyl (C=O) groups is 1. The first-order chi connectivity index (χ1) is 15.5. The second-order valence-corrected chi connectivity index (χ2v) is 11.5. The van der Waals surface area contributed by atoms with Crippen LogP contribution in [0.5, 0.6) is 0 Å². The number of nitrogens with zero attached hydrogens (tertiary/aromatic N) is 4. The van der Waals surface area contributed by atoms with Crippen LogP contribution in [-0.4, -0.2) is 52.0 Å². The highest BCUT2D eigenvalue weighted by molar-refractivity contribution is 7.99. The summed E-state index contributed by atoms with van der Waals surface area (Å²) in [7, 11) is 0. The molecule has 33 heavy (non-hydrogen) atoms. The zero-order valence-electron chi connectivity index (χ0n) is 19.5. The Balaban J connectivity index is 1.55. The molecule has 1 aromatic carbocycles. The molecule has 3 atom stereocenters. The maximum absolute atomic E-state index is 14.2. The van der Waals surface area contributed by atoms with Gasteiger partial charge in [-0.1, -0.05) is 17.7 Å². The third-order valence-electron chi connectivity index (χ3n) is 6.41. The molecule has 0 radical (unpaired) electrons. The zero-order valence-corrected chi connectivity index (χ0v) is 21.1. The van der Waals surface area contributed by atoms with E-state index in [1.807, 2.05) is 30.5 Å². The third kappa shape index (κ3) is 5.12. The average Bonchev–Trinajstić information content (AvgIpc) is 3.14. The smallest absolute Gasteiger partial charge is 0.230 e. The lowest BCUT2D eigenvalue weighted by molar-refractivity contribution is -0.134. The SMILES string of the molecule is C[C@@H]1SCc2ncnc(N3CCN(C(=O)C(CC(C)(C)N)c4ccc(Cl)c(F)c4)C[C@@H]3C)c21. The van der Waals surface area contributed by atoms with E-state index < -0.39 is 17.3 Å². The summed E-state index contributed by atoms with van der Waals surface area (Å²) >= 11 is 7.75. The maximum Gasteiger partial charge on any atom is 0.230 e. The first kappa shape index (κ1) is 24.2. The Kier molecular flexibility index (Phi) is 6.90. The van der Waals surface area contributed by atoms with Crippen LogP contribution in [0.25, 0.3) is 0 Å². The minimum Gasteiger partial charge on any atom is -0.350 e. The second kappa shape index (κ2) is 9.39. The van der Waals surface area contributed by atoms with Gasteiger partial charge in [0.1, 0.15) is 18.0 Å². The number of fused-ring (bicyclic) bond motifs is 1. The molecule has 2 aromatic rings. The number of amides is 1. The van der Waals surface area contributed by atoms with Crippen LogP contribution >= 0.6 is 23.4 Å². The van der Waals surface area contributed by atoms with Gasteiger partial charge in [-0.15, -0.1) is 11.8 Å². The van der Waals surface area contributed by atoms with Crippen molar-refractivity contribution in [1.82, 2.24) is 14.9 Å². The van der Waals surface area contributed by atoms with Crippen molar-refractivity contribution in [2.45, 2.75) is 62.6 Å². The van der Waals surface area contributed by atoms with Gasteiger partial charge >= 0.3 is 0 Å². The fourth-order valence-corrected chi connectivity index (χ4v) is 5.93. The van der Waals surface area contributed by atoms with Crippen LogP contribution in [0.3, 0.4) is 0 Å². The number of carbonyl (C=O) groups excluding carboxylic acids is 1. The number of aromatic nitrogens is 2. The van der Waals surface area contributed by atoms with Gasteiger partial charge in [0.05, 0.1) is 16.6 Å². The van der Waals surface area contributed by atoms with Crippen molar-refractivity contribution in [1.29, 1.82) is 0 Å². The number of nitrogens with two attached hydrogens (primary N) is 1. The van der Waals surface area contributed by atoms with Crippen LogP contribution in [0.15, 0.2) is 24.5 Å². The highest BCUT2D eigenvalue weighted by Gasteiger charge is 2.36. The topological polar surface area (TPSA) is 75.4 Å². The van der Waals surface area contributed by atoms with Crippen molar-refractivity contribution in [3.05, 3.63) is 52.2 Å². The largest absolute Gasteiger partial charge is 0.350 e. The Morgan fingerprint density at radius 3 is 2.76 bits per heavy atom. The van der Waals surface area contributed by atoms with E-state index in [9.17, 15) is 9.18 Å². The number of benzene rings is 1. The second-order valence-electron chi connectivity index (χ2n) is 9.76. The van der Waals surface area contributed by atoms with Crippen LogP contribution < -0.4 is 10.6 Å². The lowest BCUT2D eigenvalue weighted by Gasteiger charge is -2.42. The molecule has 1 aromatic heterocycles. The molecule has 0 bridgehead atoms. The van der Waals surface area contributed by atoms with E-state index in [1.165, 1.54) is 17.7 Å². The van der Waals surface area contributed by atoms with Gasteiger partial charge in [-0.25, -0.2) is 14.4 Å². The first-order valence-corrected chi connectivity index (χ1v) is 12.7. The normalized spacial score (nSPS) is 21.8. The summed E-state index contributed by atoms with van der Waals surface area (Å²) in [4.78, 5) is 26.9. The molecular weight excluding hydrogens is 461 g/mol. The zero-order chi connectivity index (χ0) is 23.9. The van der Waals surface area contributed by atoms with Gasteiger partial charge in [-0.2, -0.15) is 0 Å². The minimum absolute atomic E-state index is 0.0291. The van der Waals surface area contributed by atoms with Crippen LogP contribution in [0, 0.1) is 5.82 Å². The Labute approximate surface area is 204 Å². The molecule has 1 fully saturated rings. The molecule has 0 saturated carbocycles. The standard InChI is InChI=1S/C24H31ClFN5OS/c1-14-11-30(7-8-31(14)22-21-15(2)33-12-20(21)28-13-29-22)23(32)17(10-24(3,4)27)16-5-6-18(25)19(26)9-16/h5-6,9,13-15,17H,7-8,10-12,27H2,1-4H3/t14-,15-,17?/m0/s1. The molecule has 9 heteroatoms. The molecule has 4 rings (SSSR count). The Morgan fingerprint density at radius 1 is 1.33 bits per heavy atom. The van der Waals surface area contributed by atoms with Gasteiger partial charge in [0.2, 0.25) is 5.91 Å². The highest BCUT2D eigenvalue weighted by Crippen LogP contribution is 2.44. The van der Waals surface area contributed by atoms with Crippen molar-refractivity contribution < 1.29 is 9.18 Å². The number of hydrogen-bond donors (Lipinski definition) is 1. The van der Waals surface area contributed by atoms with Crippen LogP contribution in [-0.2, 0) is 10.5 Å². The molecule has 2 N–H and O–H groups in total. The number of piperazine rings is 1. The summed E-state index contributed by atoms with van der Waals surface area (Å²) in [6.45, 7) is 9.89. The Hall–Kier alpha value is -1.90. The van der Waals surface area contributed by atoms with Crippen molar-refractivity contribution in [2.24, 2.45) is 5.73 Å². The monoisotopic (exact) mass is 491 g/mol. The number of halogens is 2. The van der Waals surface area contributed by atoms with Gasteiger partial charge in [0, 0.05) is 47.8 Å². The molecular formula is C24H31ClFN5OS. The average molecular weight is 492 g/mol. The molecule has 2 aliphatic rings. The molecule has 0 aliphatic carbocycles. The predicted molar refractivity (Wildman–Crippen MR) is 132 cm³/mol. The summed E-state index contributed by atoms with van der Waals surface area (Å²) in [6.07, 6.45) is 2.06. The number of hydrogen-bond acceptors (Lipinski definition) is 6. The van der Waals surface area contributed by atoms with E-state index in [-0.39, 0.29) is 17.0 Å². The molecule has 6 nitrogen and oxygen atoms in total. The van der Waals surface area contributed by atoms with Gasteiger partial charge in [0.25, 0.3) is 0 Å². The predicted octanol–water partition coefficient (Wildman–Crippen LogP) is 4.53. The Bertz CT molecular complexity index is 1050. The van der Waals surface area contributed by atoms with E-state index >= 15 is 0 Å².